The molecule has 0 unspecified atom stereocenters. The van der Waals surface area contributed by atoms with Crippen molar-refractivity contribution >= 4 is 29.2 Å². The van der Waals surface area contributed by atoms with Crippen LogP contribution in [0, 0.1) is 12.0 Å². The fourth-order valence-corrected chi connectivity index (χ4v) is 4.49. The Morgan fingerprint density at radius 2 is 1.61 bits per heavy atom. The molecule has 144 valence electrons. The molecule has 0 aromatic heterocycles. The van der Waals surface area contributed by atoms with Crippen LogP contribution in [0.1, 0.15) is 6.92 Å². The molecule has 1 saturated heterocycles. The lowest BCUT2D eigenvalue weighted by molar-refractivity contribution is 0.0906. The molecule has 4 rings (SSSR count). The molecule has 0 radical (unpaired) electrons. The minimum Gasteiger partial charge on any atom is -0.450 e. The molecular weight excluding hydrogens is 370 g/mol. The number of anilines is 2. The molecule has 6 heteroatoms. The smallest absolute Gasteiger partial charge is 0.409 e. The number of amides is 1. The van der Waals surface area contributed by atoms with E-state index < -0.39 is 0 Å². The van der Waals surface area contributed by atoms with Crippen LogP contribution < -0.4 is 4.90 Å². The number of benzene rings is 2. The number of hydrogen-bond donors (Lipinski definition) is 0. The van der Waals surface area contributed by atoms with Crippen LogP contribution in [0.25, 0.3) is 0 Å². The quantitative estimate of drug-likeness (QED) is 0.720. The highest BCUT2D eigenvalue weighted by Crippen LogP contribution is 2.47. The van der Waals surface area contributed by atoms with E-state index in [2.05, 4.69) is 70.3 Å². The van der Waals surface area contributed by atoms with E-state index in [1.54, 1.807) is 16.7 Å². The Bertz CT molecular complexity index is 868. The molecule has 0 saturated carbocycles. The second-order valence-electron chi connectivity index (χ2n) is 6.59. The van der Waals surface area contributed by atoms with Gasteiger partial charge in [0.25, 0.3) is 0 Å². The Kier molecular flexibility index (Phi) is 5.63. The molecule has 0 aliphatic carbocycles. The maximum Gasteiger partial charge on any atom is 0.409 e. The van der Waals surface area contributed by atoms with Crippen LogP contribution in [0.3, 0.4) is 0 Å². The predicted molar refractivity (Wildman–Crippen MR) is 112 cm³/mol. The molecular formula is C22H23N3O2S. The molecule has 5 nitrogen and oxygen atoms in total. The van der Waals surface area contributed by atoms with Gasteiger partial charge in [-0.1, -0.05) is 41.9 Å². The van der Waals surface area contributed by atoms with E-state index in [-0.39, 0.29) is 6.09 Å². The van der Waals surface area contributed by atoms with Crippen molar-refractivity contribution in [1.82, 2.24) is 9.80 Å². The van der Waals surface area contributed by atoms with Crippen molar-refractivity contribution in [3.63, 3.8) is 0 Å². The maximum absolute atomic E-state index is 11.8. The average molecular weight is 394 g/mol. The lowest BCUT2D eigenvalue weighted by Crippen LogP contribution is -2.47. The second kappa shape index (κ2) is 8.49. The van der Waals surface area contributed by atoms with Crippen LogP contribution in [0.5, 0.6) is 0 Å². The van der Waals surface area contributed by atoms with Gasteiger partial charge in [-0.25, -0.2) is 4.79 Å². The largest absolute Gasteiger partial charge is 0.450 e. The summed E-state index contributed by atoms with van der Waals surface area (Å²) in [6, 6.07) is 20.2. The van der Waals surface area contributed by atoms with Crippen molar-refractivity contribution in [2.75, 3.05) is 44.2 Å². The first-order chi connectivity index (χ1) is 13.8. The van der Waals surface area contributed by atoms with Gasteiger partial charge in [0.1, 0.15) is 0 Å². The van der Waals surface area contributed by atoms with E-state index >= 15 is 0 Å². The van der Waals surface area contributed by atoms with Crippen LogP contribution in [0.2, 0.25) is 0 Å². The molecule has 28 heavy (non-hydrogen) atoms. The molecule has 0 N–H and O–H groups in total. The van der Waals surface area contributed by atoms with Crippen LogP contribution in [0.15, 0.2) is 58.3 Å². The third kappa shape index (κ3) is 3.90. The van der Waals surface area contributed by atoms with Crippen molar-refractivity contribution in [2.24, 2.45) is 0 Å². The SMILES string of the molecule is CCOC(=O)N1CCN(C#CCN2c3ccccc3Sc3ccccc32)CC1. The summed E-state index contributed by atoms with van der Waals surface area (Å²) in [5.74, 6) is 3.33. The Hall–Kier alpha value is -2.78. The zero-order valence-corrected chi connectivity index (χ0v) is 16.7. The van der Waals surface area contributed by atoms with E-state index in [4.69, 9.17) is 4.74 Å². The number of para-hydroxylation sites is 2. The summed E-state index contributed by atoms with van der Waals surface area (Å²) in [5.41, 5.74) is 2.40. The Morgan fingerprint density at radius 1 is 1.00 bits per heavy atom. The summed E-state index contributed by atoms with van der Waals surface area (Å²) in [4.78, 5) is 20.4. The molecule has 0 atom stereocenters. The zero-order chi connectivity index (χ0) is 19.3. The van der Waals surface area contributed by atoms with Gasteiger partial charge in [-0.05, 0) is 31.2 Å². The summed E-state index contributed by atoms with van der Waals surface area (Å²) in [6.45, 7) is 5.67. The van der Waals surface area contributed by atoms with Gasteiger partial charge in [0.15, 0.2) is 0 Å². The van der Waals surface area contributed by atoms with Gasteiger partial charge in [0.05, 0.1) is 24.5 Å². The first kappa shape index (κ1) is 18.6. The first-order valence-electron chi connectivity index (χ1n) is 9.55. The van der Waals surface area contributed by atoms with Gasteiger partial charge >= 0.3 is 6.09 Å². The molecule has 1 fully saturated rings. The minimum atomic E-state index is -0.228. The highest BCUT2D eigenvalue weighted by molar-refractivity contribution is 7.99. The summed E-state index contributed by atoms with van der Waals surface area (Å²) in [7, 11) is 0. The van der Waals surface area contributed by atoms with Crippen LogP contribution in [-0.2, 0) is 4.74 Å². The number of ether oxygens (including phenoxy) is 1. The van der Waals surface area contributed by atoms with E-state index in [1.165, 1.54) is 21.2 Å². The number of piperazine rings is 1. The van der Waals surface area contributed by atoms with Gasteiger partial charge < -0.3 is 19.4 Å². The van der Waals surface area contributed by atoms with Crippen LogP contribution in [-0.4, -0.2) is 55.2 Å². The highest BCUT2D eigenvalue weighted by atomic mass is 32.2. The molecule has 2 aliphatic heterocycles. The zero-order valence-electron chi connectivity index (χ0n) is 15.9. The van der Waals surface area contributed by atoms with E-state index in [9.17, 15) is 4.79 Å². The van der Waals surface area contributed by atoms with Gasteiger partial charge in [0.2, 0.25) is 0 Å². The van der Waals surface area contributed by atoms with Crippen LogP contribution in [0.4, 0.5) is 16.2 Å². The fraction of sp³-hybridized carbons (Fsp3) is 0.318. The number of hydrogen-bond acceptors (Lipinski definition) is 5. The second-order valence-corrected chi connectivity index (χ2v) is 7.67. The van der Waals surface area contributed by atoms with E-state index in [1.807, 2.05) is 6.92 Å². The first-order valence-corrected chi connectivity index (χ1v) is 10.4. The van der Waals surface area contributed by atoms with Crippen molar-refractivity contribution < 1.29 is 9.53 Å². The number of rotatable bonds is 2. The summed E-state index contributed by atoms with van der Waals surface area (Å²) >= 11 is 1.81. The maximum atomic E-state index is 11.8. The molecule has 0 spiro atoms. The third-order valence-corrected chi connectivity index (χ3v) is 5.94. The molecule has 2 aromatic carbocycles. The number of carbonyl (C=O) groups is 1. The Morgan fingerprint density at radius 3 is 2.21 bits per heavy atom. The van der Waals surface area contributed by atoms with Crippen molar-refractivity contribution in [1.29, 1.82) is 0 Å². The predicted octanol–water partition coefficient (Wildman–Crippen LogP) is 4.02. The topological polar surface area (TPSA) is 36.0 Å². The fourth-order valence-electron chi connectivity index (χ4n) is 3.39. The lowest BCUT2D eigenvalue weighted by atomic mass is 10.2. The van der Waals surface area contributed by atoms with Gasteiger partial charge in [0, 0.05) is 42.0 Å². The van der Waals surface area contributed by atoms with Crippen LogP contribution >= 0.6 is 11.8 Å². The average Bonchev–Trinajstić information content (AvgIpc) is 2.74. The van der Waals surface area contributed by atoms with Crippen molar-refractivity contribution in [3.8, 4) is 12.0 Å². The third-order valence-electron chi connectivity index (χ3n) is 4.81. The van der Waals surface area contributed by atoms with Gasteiger partial charge in [-0.15, -0.1) is 0 Å². The monoisotopic (exact) mass is 393 g/mol. The number of fused-ring (bicyclic) bond motifs is 2. The van der Waals surface area contributed by atoms with Gasteiger partial charge in [-0.2, -0.15) is 0 Å². The summed E-state index contributed by atoms with van der Waals surface area (Å²) in [5, 5.41) is 0. The Labute approximate surface area is 170 Å². The summed E-state index contributed by atoms with van der Waals surface area (Å²) < 4.78 is 5.07. The standard InChI is InChI=1S/C22H23N3O2S/c1-2-27-22(26)24-16-14-23(15-17-24)12-7-13-25-18-8-3-5-10-20(18)28-21-11-6-4-9-19(21)25/h3-6,8-11H,2,13-17H2,1H3. The van der Waals surface area contributed by atoms with E-state index in [0.29, 0.717) is 26.2 Å². The van der Waals surface area contributed by atoms with E-state index in [0.717, 1.165) is 13.1 Å². The molecule has 2 aromatic rings. The summed E-state index contributed by atoms with van der Waals surface area (Å²) in [6.07, 6.45) is -0.228. The lowest BCUT2D eigenvalue weighted by Gasteiger charge is -2.32. The highest BCUT2D eigenvalue weighted by Gasteiger charge is 2.22. The van der Waals surface area contributed by atoms with Crippen molar-refractivity contribution in [2.45, 2.75) is 16.7 Å². The van der Waals surface area contributed by atoms with Gasteiger partial charge in [-0.3, -0.25) is 0 Å². The molecule has 2 heterocycles. The number of nitrogens with zero attached hydrogens (tertiary/aromatic N) is 3. The minimum absolute atomic E-state index is 0.228. The molecule has 0 bridgehead atoms. The van der Waals surface area contributed by atoms with Crippen molar-refractivity contribution in [3.05, 3.63) is 48.5 Å². The number of carbonyl (C=O) groups excluding carboxylic acids is 1. The molecule has 2 aliphatic rings. The Balaban J connectivity index is 1.43. The normalized spacial score (nSPS) is 15.2. The molecule has 1 amide bonds.